The third-order valence-electron chi connectivity index (χ3n) is 4.43. The molecule has 19 heavy (non-hydrogen) atoms. The summed E-state index contributed by atoms with van der Waals surface area (Å²) in [5.41, 5.74) is 5.39. The molecule has 1 aliphatic heterocycles. The van der Waals surface area contributed by atoms with E-state index in [0.29, 0.717) is 19.6 Å². The van der Waals surface area contributed by atoms with Crippen molar-refractivity contribution < 1.29 is 13.2 Å². The second-order valence-electron chi connectivity index (χ2n) is 5.56. The predicted molar refractivity (Wildman–Crippen MR) is 73.9 cm³/mol. The van der Waals surface area contributed by atoms with Gasteiger partial charge in [0.2, 0.25) is 0 Å². The number of nitrogens with zero attached hydrogens (tertiary/aromatic N) is 1. The summed E-state index contributed by atoms with van der Waals surface area (Å²) in [5, 5.41) is 0. The van der Waals surface area contributed by atoms with E-state index in [1.807, 2.05) is 0 Å². The number of ether oxygens (including phenoxy) is 1. The van der Waals surface area contributed by atoms with E-state index in [1.54, 1.807) is 7.11 Å². The monoisotopic (exact) mass is 291 g/mol. The maximum absolute atomic E-state index is 12.4. The average Bonchev–Trinajstić information content (AvgIpc) is 2.38. The van der Waals surface area contributed by atoms with E-state index in [0.717, 1.165) is 38.5 Å². The number of methoxy groups -OCH3 is 1. The fourth-order valence-corrected chi connectivity index (χ4v) is 4.42. The summed E-state index contributed by atoms with van der Waals surface area (Å²) in [6, 6.07) is -0.0638. The quantitative estimate of drug-likeness (QED) is 0.732. The number of rotatable bonds is 6. The van der Waals surface area contributed by atoms with Crippen LogP contribution in [0, 0.1) is 0 Å². The number of hydrogen-bond acceptors (Lipinski definition) is 4. The van der Waals surface area contributed by atoms with E-state index in [-0.39, 0.29) is 11.6 Å². The van der Waals surface area contributed by atoms with Gasteiger partial charge < -0.3 is 10.5 Å². The molecular formula is C12H25N3O3S. The molecular weight excluding hydrogens is 266 g/mol. The van der Waals surface area contributed by atoms with Gasteiger partial charge in [0.05, 0.1) is 5.60 Å². The second kappa shape index (κ2) is 6.05. The lowest BCUT2D eigenvalue weighted by atomic mass is 9.80. The van der Waals surface area contributed by atoms with E-state index >= 15 is 0 Å². The number of piperidine rings is 1. The standard InChI is InChI=1S/C12H25N3O3S/c1-18-12(6-4-7-12)10-14-19(16,17)15-8-3-2-5-11(15)9-13/h11,14H,2-10,13H2,1H3. The Labute approximate surface area is 115 Å². The molecule has 1 heterocycles. The minimum Gasteiger partial charge on any atom is -0.377 e. The summed E-state index contributed by atoms with van der Waals surface area (Å²) in [4.78, 5) is 0. The number of nitrogens with one attached hydrogen (secondary N) is 1. The van der Waals surface area contributed by atoms with Crippen LogP contribution in [-0.2, 0) is 14.9 Å². The Balaban J connectivity index is 1.97. The summed E-state index contributed by atoms with van der Waals surface area (Å²) in [7, 11) is -1.79. The van der Waals surface area contributed by atoms with E-state index in [4.69, 9.17) is 10.5 Å². The molecule has 1 atom stereocenters. The van der Waals surface area contributed by atoms with Gasteiger partial charge in [-0.15, -0.1) is 0 Å². The Bertz CT molecular complexity index is 390. The molecule has 3 N–H and O–H groups in total. The van der Waals surface area contributed by atoms with Crippen LogP contribution in [0.25, 0.3) is 0 Å². The van der Waals surface area contributed by atoms with Gasteiger partial charge in [0.15, 0.2) is 0 Å². The highest BCUT2D eigenvalue weighted by molar-refractivity contribution is 7.87. The molecule has 6 nitrogen and oxygen atoms in total. The third-order valence-corrected chi connectivity index (χ3v) is 6.04. The highest BCUT2D eigenvalue weighted by Crippen LogP contribution is 2.34. The van der Waals surface area contributed by atoms with Crippen molar-refractivity contribution in [1.82, 2.24) is 9.03 Å². The first-order valence-corrected chi connectivity index (χ1v) is 8.49. The molecule has 0 aromatic rings. The SMILES string of the molecule is COC1(CNS(=O)(=O)N2CCCCC2CN)CCC1. The van der Waals surface area contributed by atoms with Crippen molar-refractivity contribution in [3.63, 3.8) is 0 Å². The zero-order chi connectivity index (χ0) is 13.9. The fourth-order valence-electron chi connectivity index (χ4n) is 2.86. The van der Waals surface area contributed by atoms with Crippen LogP contribution in [0.15, 0.2) is 0 Å². The van der Waals surface area contributed by atoms with Gasteiger partial charge in [0.25, 0.3) is 10.2 Å². The first kappa shape index (κ1) is 15.2. The molecule has 1 saturated heterocycles. The molecule has 2 fully saturated rings. The van der Waals surface area contributed by atoms with Gasteiger partial charge in [-0.05, 0) is 32.1 Å². The average molecular weight is 291 g/mol. The van der Waals surface area contributed by atoms with Crippen LogP contribution >= 0.6 is 0 Å². The second-order valence-corrected chi connectivity index (χ2v) is 7.27. The van der Waals surface area contributed by atoms with Crippen LogP contribution in [0.2, 0.25) is 0 Å². The number of hydrogen-bond donors (Lipinski definition) is 2. The molecule has 1 saturated carbocycles. The highest BCUT2D eigenvalue weighted by Gasteiger charge is 2.39. The molecule has 0 radical (unpaired) electrons. The van der Waals surface area contributed by atoms with Gasteiger partial charge in [0, 0.05) is 32.8 Å². The van der Waals surface area contributed by atoms with Crippen molar-refractivity contribution in [3.8, 4) is 0 Å². The molecule has 0 spiro atoms. The van der Waals surface area contributed by atoms with Gasteiger partial charge in [-0.3, -0.25) is 0 Å². The largest absolute Gasteiger partial charge is 0.377 e. The van der Waals surface area contributed by atoms with Gasteiger partial charge >= 0.3 is 0 Å². The van der Waals surface area contributed by atoms with Crippen LogP contribution in [0.3, 0.4) is 0 Å². The smallest absolute Gasteiger partial charge is 0.279 e. The minimum atomic E-state index is -3.44. The summed E-state index contributed by atoms with van der Waals surface area (Å²) >= 11 is 0. The predicted octanol–water partition coefficient (Wildman–Crippen LogP) is 0.203. The molecule has 0 bridgehead atoms. The molecule has 1 unspecified atom stereocenters. The Morgan fingerprint density at radius 3 is 2.63 bits per heavy atom. The van der Waals surface area contributed by atoms with Crippen molar-refractivity contribution >= 4 is 10.2 Å². The third kappa shape index (κ3) is 3.28. The van der Waals surface area contributed by atoms with Crippen molar-refractivity contribution in [2.45, 2.75) is 50.2 Å². The maximum Gasteiger partial charge on any atom is 0.279 e. The number of nitrogens with two attached hydrogens (primary N) is 1. The van der Waals surface area contributed by atoms with E-state index in [9.17, 15) is 8.42 Å². The van der Waals surface area contributed by atoms with Crippen molar-refractivity contribution in [1.29, 1.82) is 0 Å². The topological polar surface area (TPSA) is 84.7 Å². The van der Waals surface area contributed by atoms with E-state index in [1.165, 1.54) is 4.31 Å². The maximum atomic E-state index is 12.4. The Morgan fingerprint density at radius 2 is 2.11 bits per heavy atom. The van der Waals surface area contributed by atoms with Crippen LogP contribution < -0.4 is 10.5 Å². The van der Waals surface area contributed by atoms with Crippen molar-refractivity contribution in [3.05, 3.63) is 0 Å². The van der Waals surface area contributed by atoms with E-state index < -0.39 is 10.2 Å². The lowest BCUT2D eigenvalue weighted by Crippen LogP contribution is -2.56. The lowest BCUT2D eigenvalue weighted by molar-refractivity contribution is -0.0661. The summed E-state index contributed by atoms with van der Waals surface area (Å²) in [6.45, 7) is 1.31. The Morgan fingerprint density at radius 1 is 1.37 bits per heavy atom. The Kier molecular flexibility index (Phi) is 4.84. The van der Waals surface area contributed by atoms with Crippen molar-refractivity contribution in [2.75, 3.05) is 26.7 Å². The van der Waals surface area contributed by atoms with Crippen LogP contribution in [0.1, 0.15) is 38.5 Å². The van der Waals surface area contributed by atoms with Gasteiger partial charge in [-0.25, -0.2) is 0 Å². The molecule has 2 rings (SSSR count). The Hall–Kier alpha value is -0.210. The fraction of sp³-hybridized carbons (Fsp3) is 1.00. The molecule has 0 amide bonds. The van der Waals surface area contributed by atoms with Crippen LogP contribution in [0.5, 0.6) is 0 Å². The first-order chi connectivity index (χ1) is 9.03. The summed E-state index contributed by atoms with van der Waals surface area (Å²) in [6.07, 6.45) is 5.76. The van der Waals surface area contributed by atoms with Gasteiger partial charge in [0.1, 0.15) is 0 Å². The molecule has 1 aliphatic carbocycles. The molecule has 0 aromatic heterocycles. The van der Waals surface area contributed by atoms with Crippen LogP contribution in [-0.4, -0.2) is 51.1 Å². The molecule has 7 heteroatoms. The highest BCUT2D eigenvalue weighted by atomic mass is 32.2. The van der Waals surface area contributed by atoms with Crippen molar-refractivity contribution in [2.24, 2.45) is 5.73 Å². The van der Waals surface area contributed by atoms with Gasteiger partial charge in [-0.2, -0.15) is 17.4 Å². The minimum absolute atomic E-state index is 0.0638. The zero-order valence-electron chi connectivity index (χ0n) is 11.6. The van der Waals surface area contributed by atoms with E-state index in [2.05, 4.69) is 4.72 Å². The van der Waals surface area contributed by atoms with Crippen LogP contribution in [0.4, 0.5) is 0 Å². The summed E-state index contributed by atoms with van der Waals surface area (Å²) < 4.78 is 34.4. The molecule has 2 aliphatic rings. The van der Waals surface area contributed by atoms with Gasteiger partial charge in [-0.1, -0.05) is 6.42 Å². The lowest BCUT2D eigenvalue weighted by Gasteiger charge is -2.41. The summed E-state index contributed by atoms with van der Waals surface area (Å²) in [5.74, 6) is 0. The zero-order valence-corrected chi connectivity index (χ0v) is 12.4. The normalized spacial score (nSPS) is 28.0. The molecule has 112 valence electrons. The molecule has 0 aromatic carbocycles. The first-order valence-electron chi connectivity index (χ1n) is 7.05.